The molecule has 0 aliphatic rings. The largest absolute Gasteiger partial charge is 0.508 e. The molecule has 3 N–H and O–H groups in total. The predicted molar refractivity (Wildman–Crippen MR) is 74.3 cm³/mol. The molecule has 0 fully saturated rings. The minimum absolute atomic E-state index is 0.0310. The van der Waals surface area contributed by atoms with Crippen molar-refractivity contribution < 1.29 is 15.0 Å². The third-order valence-corrected chi connectivity index (χ3v) is 2.95. The smallest absolute Gasteiger partial charge is 0.325 e. The lowest BCUT2D eigenvalue weighted by molar-refractivity contribution is -0.139. The van der Waals surface area contributed by atoms with Gasteiger partial charge >= 0.3 is 5.97 Å². The topological polar surface area (TPSA) is 82.5 Å². The Hall–Kier alpha value is -2.40. The summed E-state index contributed by atoms with van der Waals surface area (Å²) in [5.41, 5.74) is 1.99. The lowest BCUT2D eigenvalue weighted by Crippen LogP contribution is -2.28. The van der Waals surface area contributed by atoms with Crippen LogP contribution in [0.1, 0.15) is 22.9 Å². The van der Waals surface area contributed by atoms with E-state index in [4.69, 9.17) is 0 Å². The number of nitrogens with one attached hydrogen (secondary N) is 1. The summed E-state index contributed by atoms with van der Waals surface area (Å²) in [5.74, 6) is -1.07. The Kier molecular flexibility index (Phi) is 4.32. The third-order valence-electron chi connectivity index (χ3n) is 2.95. The Balaban J connectivity index is 2.19. The van der Waals surface area contributed by atoms with Crippen molar-refractivity contribution in [2.24, 2.45) is 0 Å². The van der Waals surface area contributed by atoms with Gasteiger partial charge in [0.1, 0.15) is 11.8 Å². The van der Waals surface area contributed by atoms with Crippen molar-refractivity contribution in [2.45, 2.75) is 19.5 Å². The second-order valence-corrected chi connectivity index (χ2v) is 4.54. The fourth-order valence-corrected chi connectivity index (χ4v) is 1.94. The Morgan fingerprint density at radius 3 is 2.80 bits per heavy atom. The first-order valence-electron chi connectivity index (χ1n) is 6.23. The minimum Gasteiger partial charge on any atom is -0.508 e. The molecule has 0 spiro atoms. The van der Waals surface area contributed by atoms with Crippen molar-refractivity contribution in [3.05, 3.63) is 59.4 Å². The molecule has 20 heavy (non-hydrogen) atoms. The van der Waals surface area contributed by atoms with Crippen LogP contribution in [0.3, 0.4) is 0 Å². The normalized spacial score (nSPS) is 12.1. The van der Waals surface area contributed by atoms with Gasteiger partial charge in [-0.25, -0.2) is 0 Å². The first-order chi connectivity index (χ1) is 9.58. The van der Waals surface area contributed by atoms with E-state index in [2.05, 4.69) is 10.3 Å². The van der Waals surface area contributed by atoms with Crippen LogP contribution in [0, 0.1) is 6.92 Å². The number of pyridine rings is 1. The van der Waals surface area contributed by atoms with E-state index in [1.54, 1.807) is 24.4 Å². The van der Waals surface area contributed by atoms with E-state index in [0.717, 1.165) is 11.3 Å². The maximum atomic E-state index is 11.4. The number of carboxylic acids is 1. The van der Waals surface area contributed by atoms with Crippen molar-refractivity contribution in [2.75, 3.05) is 0 Å². The first kappa shape index (κ1) is 14.0. The molecular formula is C15H16N2O3. The molecule has 0 saturated carbocycles. The zero-order valence-electron chi connectivity index (χ0n) is 11.1. The van der Waals surface area contributed by atoms with Gasteiger partial charge < -0.3 is 10.2 Å². The highest BCUT2D eigenvalue weighted by molar-refractivity contribution is 5.76. The molecular weight excluding hydrogens is 256 g/mol. The van der Waals surface area contributed by atoms with E-state index in [1.807, 2.05) is 19.1 Å². The van der Waals surface area contributed by atoms with Gasteiger partial charge in [0.25, 0.3) is 0 Å². The summed E-state index contributed by atoms with van der Waals surface area (Å²) in [6, 6.07) is 9.37. The molecule has 1 aromatic heterocycles. The lowest BCUT2D eigenvalue weighted by Gasteiger charge is -2.16. The average Bonchev–Trinajstić information content (AvgIpc) is 2.43. The number of aromatic nitrogens is 1. The van der Waals surface area contributed by atoms with Crippen molar-refractivity contribution in [3.63, 3.8) is 0 Å². The molecule has 2 aromatic rings. The molecule has 0 radical (unpaired) electrons. The summed E-state index contributed by atoms with van der Waals surface area (Å²) in [7, 11) is 0. The van der Waals surface area contributed by atoms with Crippen LogP contribution in [0.2, 0.25) is 0 Å². The number of aliphatic carboxylic acids is 1. The molecule has 5 heteroatoms. The van der Waals surface area contributed by atoms with Gasteiger partial charge in [0.2, 0.25) is 0 Å². The number of phenolic OH excluding ortho intramolecular Hbond substituents is 1. The van der Waals surface area contributed by atoms with Crippen LogP contribution in [0.5, 0.6) is 5.75 Å². The van der Waals surface area contributed by atoms with Gasteiger partial charge in [-0.05, 0) is 25.1 Å². The van der Waals surface area contributed by atoms with Crippen molar-refractivity contribution in [1.82, 2.24) is 10.3 Å². The molecule has 0 aliphatic heterocycles. The molecule has 5 nitrogen and oxygen atoms in total. The Labute approximate surface area is 116 Å². The number of phenols is 1. The predicted octanol–water partition coefficient (Wildman–Crippen LogP) is 2.01. The summed E-state index contributed by atoms with van der Waals surface area (Å²) in [6.07, 6.45) is 1.65. The average molecular weight is 272 g/mol. The van der Waals surface area contributed by atoms with E-state index >= 15 is 0 Å². The summed E-state index contributed by atoms with van der Waals surface area (Å²) < 4.78 is 0. The van der Waals surface area contributed by atoms with Gasteiger partial charge in [-0.15, -0.1) is 0 Å². The van der Waals surface area contributed by atoms with Gasteiger partial charge in [-0.2, -0.15) is 0 Å². The van der Waals surface area contributed by atoms with Gasteiger partial charge in [0.05, 0.1) is 5.69 Å². The summed E-state index contributed by atoms with van der Waals surface area (Å²) in [6.45, 7) is 2.16. The molecule has 0 amide bonds. The Morgan fingerprint density at radius 2 is 2.15 bits per heavy atom. The Morgan fingerprint density at radius 1 is 1.35 bits per heavy atom. The standard InChI is InChI=1S/C15H16N2O3/c1-10-5-6-13(18)12(8-10)14(15(19)20)17-9-11-4-2-3-7-16-11/h2-8,14,17-18H,9H2,1H3,(H,19,20). The molecule has 1 heterocycles. The molecule has 1 aromatic carbocycles. The summed E-state index contributed by atoms with van der Waals surface area (Å²) in [4.78, 5) is 15.5. The van der Waals surface area contributed by atoms with E-state index < -0.39 is 12.0 Å². The molecule has 1 atom stereocenters. The number of rotatable bonds is 5. The monoisotopic (exact) mass is 272 g/mol. The molecule has 1 unspecified atom stereocenters. The summed E-state index contributed by atoms with van der Waals surface area (Å²) in [5, 5.41) is 22.1. The van der Waals surface area contributed by atoms with Crippen LogP contribution in [0.4, 0.5) is 0 Å². The lowest BCUT2D eigenvalue weighted by atomic mass is 10.0. The van der Waals surface area contributed by atoms with Crippen LogP contribution >= 0.6 is 0 Å². The SMILES string of the molecule is Cc1ccc(O)c(C(NCc2ccccn2)C(=O)O)c1. The molecule has 0 bridgehead atoms. The van der Waals surface area contributed by atoms with Crippen LogP contribution < -0.4 is 5.32 Å². The number of hydrogen-bond acceptors (Lipinski definition) is 4. The molecule has 0 saturated heterocycles. The second-order valence-electron chi connectivity index (χ2n) is 4.54. The fourth-order valence-electron chi connectivity index (χ4n) is 1.94. The van der Waals surface area contributed by atoms with Crippen molar-refractivity contribution in [1.29, 1.82) is 0 Å². The highest BCUT2D eigenvalue weighted by atomic mass is 16.4. The molecule has 0 aliphatic carbocycles. The highest BCUT2D eigenvalue weighted by Gasteiger charge is 2.22. The van der Waals surface area contributed by atoms with Crippen LogP contribution in [0.25, 0.3) is 0 Å². The maximum Gasteiger partial charge on any atom is 0.325 e. The quantitative estimate of drug-likeness (QED) is 0.775. The number of aromatic hydroxyl groups is 1. The minimum atomic E-state index is -1.04. The number of aryl methyl sites for hydroxylation is 1. The van der Waals surface area contributed by atoms with E-state index in [1.165, 1.54) is 6.07 Å². The van der Waals surface area contributed by atoms with E-state index in [0.29, 0.717) is 12.1 Å². The van der Waals surface area contributed by atoms with Gasteiger partial charge in [-0.3, -0.25) is 15.1 Å². The number of carbonyl (C=O) groups is 1. The number of benzene rings is 1. The zero-order valence-corrected chi connectivity index (χ0v) is 11.1. The number of hydrogen-bond donors (Lipinski definition) is 3. The van der Waals surface area contributed by atoms with Crippen LogP contribution in [0.15, 0.2) is 42.6 Å². The summed E-state index contributed by atoms with van der Waals surface area (Å²) >= 11 is 0. The van der Waals surface area contributed by atoms with Crippen LogP contribution in [-0.4, -0.2) is 21.2 Å². The zero-order chi connectivity index (χ0) is 14.5. The van der Waals surface area contributed by atoms with Gasteiger partial charge in [0.15, 0.2) is 0 Å². The van der Waals surface area contributed by atoms with Gasteiger partial charge in [-0.1, -0.05) is 23.8 Å². The molecule has 104 valence electrons. The third kappa shape index (κ3) is 3.33. The van der Waals surface area contributed by atoms with Crippen LogP contribution in [-0.2, 0) is 11.3 Å². The highest BCUT2D eigenvalue weighted by Crippen LogP contribution is 2.25. The fraction of sp³-hybridized carbons (Fsp3) is 0.200. The Bertz CT molecular complexity index is 599. The number of carboxylic acid groups (broad SMARTS) is 1. The van der Waals surface area contributed by atoms with Crippen molar-refractivity contribution >= 4 is 5.97 Å². The first-order valence-corrected chi connectivity index (χ1v) is 6.23. The molecule has 2 rings (SSSR count). The van der Waals surface area contributed by atoms with E-state index in [9.17, 15) is 15.0 Å². The van der Waals surface area contributed by atoms with E-state index in [-0.39, 0.29) is 5.75 Å². The van der Waals surface area contributed by atoms with Crippen molar-refractivity contribution in [3.8, 4) is 5.75 Å². The number of nitrogens with zero attached hydrogens (tertiary/aromatic N) is 1. The maximum absolute atomic E-state index is 11.4. The second kappa shape index (κ2) is 6.16. The van der Waals surface area contributed by atoms with Gasteiger partial charge in [0, 0.05) is 18.3 Å².